The maximum Gasteiger partial charge on any atom is 0.263 e. The van der Waals surface area contributed by atoms with Crippen LogP contribution in [0.25, 0.3) is 34.3 Å². The van der Waals surface area contributed by atoms with Gasteiger partial charge in [-0.15, -0.1) is 0 Å². The lowest BCUT2D eigenvalue weighted by Gasteiger charge is -2.15. The highest BCUT2D eigenvalue weighted by molar-refractivity contribution is 9.10. The Balaban J connectivity index is 1.83. The first-order chi connectivity index (χ1) is 15.6. The van der Waals surface area contributed by atoms with E-state index in [-0.39, 0.29) is 5.91 Å². The molecule has 5 rings (SSSR count). The van der Waals surface area contributed by atoms with Crippen molar-refractivity contribution >= 4 is 56.2 Å². The number of carbonyl (C=O) groups excluding carboxylic acids is 1. The number of hydrogen-bond donors (Lipinski definition) is 1. The van der Waals surface area contributed by atoms with E-state index >= 15 is 0 Å². The number of carbonyl (C=O) groups is 1. The zero-order valence-electron chi connectivity index (χ0n) is 16.8. The minimum absolute atomic E-state index is 0.156. The molecule has 32 heavy (non-hydrogen) atoms. The lowest BCUT2D eigenvalue weighted by Crippen LogP contribution is -2.17. The number of thioether (sulfide) groups is 1. The Morgan fingerprint density at radius 3 is 2.09 bits per heavy atom. The van der Waals surface area contributed by atoms with Gasteiger partial charge in [-0.25, -0.2) is 0 Å². The number of hydrogen-bond acceptors (Lipinski definition) is 3. The van der Waals surface area contributed by atoms with Crippen molar-refractivity contribution < 1.29 is 4.79 Å². The van der Waals surface area contributed by atoms with Gasteiger partial charge in [0.05, 0.1) is 16.3 Å². The predicted molar refractivity (Wildman–Crippen MR) is 141 cm³/mol. The Kier molecular flexibility index (Phi) is 5.83. The normalized spacial score (nSPS) is 14.7. The van der Waals surface area contributed by atoms with E-state index in [0.29, 0.717) is 9.23 Å². The minimum atomic E-state index is -0.156. The maximum atomic E-state index is 12.4. The Morgan fingerprint density at radius 1 is 0.875 bits per heavy atom. The molecule has 4 aromatic rings. The zero-order chi connectivity index (χ0) is 22.1. The highest BCUT2D eigenvalue weighted by Crippen LogP contribution is 2.38. The molecule has 1 aromatic heterocycles. The fourth-order valence-electron chi connectivity index (χ4n) is 3.77. The molecule has 0 aliphatic carbocycles. The van der Waals surface area contributed by atoms with E-state index in [4.69, 9.17) is 12.2 Å². The summed E-state index contributed by atoms with van der Waals surface area (Å²) in [4.78, 5) is 13.0. The van der Waals surface area contributed by atoms with Gasteiger partial charge in [-0.05, 0) is 47.5 Å². The monoisotopic (exact) mass is 516 g/mol. The lowest BCUT2D eigenvalue weighted by molar-refractivity contribution is -0.115. The Bertz CT molecular complexity index is 1340. The summed E-state index contributed by atoms with van der Waals surface area (Å²) in [6.45, 7) is 0. The van der Waals surface area contributed by atoms with E-state index in [1.807, 2.05) is 54.6 Å². The summed E-state index contributed by atoms with van der Waals surface area (Å²) < 4.78 is 3.75. The van der Waals surface area contributed by atoms with E-state index < -0.39 is 0 Å². The quantitative estimate of drug-likeness (QED) is 0.232. The molecule has 1 aliphatic heterocycles. The fraction of sp³-hybridized carbons (Fsp3) is 0. The number of aromatic nitrogens is 1. The lowest BCUT2D eigenvalue weighted by atomic mass is 10.1. The smallest absolute Gasteiger partial charge is 0.263 e. The summed E-state index contributed by atoms with van der Waals surface area (Å²) in [5.41, 5.74) is 6.22. The first kappa shape index (κ1) is 20.9. The molecule has 0 bridgehead atoms. The van der Waals surface area contributed by atoms with Crippen LogP contribution < -0.4 is 5.32 Å². The Morgan fingerprint density at radius 2 is 1.50 bits per heavy atom. The molecule has 0 saturated carbocycles. The van der Waals surface area contributed by atoms with Crippen molar-refractivity contribution in [3.8, 4) is 28.2 Å². The molecule has 3 aromatic carbocycles. The van der Waals surface area contributed by atoms with Crippen LogP contribution in [0.15, 0.2) is 100 Å². The topological polar surface area (TPSA) is 34.0 Å². The van der Waals surface area contributed by atoms with Crippen LogP contribution in [-0.4, -0.2) is 14.8 Å². The number of benzene rings is 3. The molecule has 1 aliphatic rings. The molecule has 0 unspecified atom stereocenters. The van der Waals surface area contributed by atoms with Crippen LogP contribution in [0.5, 0.6) is 0 Å². The molecule has 1 amide bonds. The van der Waals surface area contributed by atoms with Crippen LogP contribution in [0.1, 0.15) is 5.56 Å². The van der Waals surface area contributed by atoms with Gasteiger partial charge in [0.15, 0.2) is 0 Å². The first-order valence-corrected chi connectivity index (χ1v) is 12.0. The van der Waals surface area contributed by atoms with Crippen molar-refractivity contribution in [1.82, 2.24) is 9.88 Å². The van der Waals surface area contributed by atoms with Gasteiger partial charge in [-0.3, -0.25) is 4.79 Å². The summed E-state index contributed by atoms with van der Waals surface area (Å²) in [7, 11) is 0. The van der Waals surface area contributed by atoms with Gasteiger partial charge in [0.25, 0.3) is 5.91 Å². The Hall–Kier alpha value is -2.93. The Labute approximate surface area is 204 Å². The van der Waals surface area contributed by atoms with Crippen molar-refractivity contribution in [2.24, 2.45) is 0 Å². The fourth-order valence-corrected chi connectivity index (χ4v) is 5.07. The number of rotatable bonds is 4. The molecule has 0 atom stereocenters. The van der Waals surface area contributed by atoms with Crippen molar-refractivity contribution in [3.05, 3.63) is 106 Å². The third-order valence-electron chi connectivity index (χ3n) is 5.16. The highest BCUT2D eigenvalue weighted by Gasteiger charge is 2.25. The van der Waals surface area contributed by atoms with E-state index in [1.165, 1.54) is 11.8 Å². The summed E-state index contributed by atoms with van der Waals surface area (Å²) >= 11 is 10.0. The largest absolute Gasteiger partial charge is 0.309 e. The zero-order valence-corrected chi connectivity index (χ0v) is 20.0. The standard InChI is InChI=1S/C26H17BrN2OS2/c27-20-11-13-21(14-12-20)29-22(17-7-3-1-4-8-17)15-19(16-23-25(30)28-26(31)32-23)24(29)18-9-5-2-6-10-18/h1-16H,(H,28,30,31). The number of nitrogens with one attached hydrogen (secondary N) is 1. The van der Waals surface area contributed by atoms with Crippen LogP contribution in [0.4, 0.5) is 0 Å². The molecule has 156 valence electrons. The van der Waals surface area contributed by atoms with E-state index in [0.717, 1.165) is 38.2 Å². The number of halogens is 1. The van der Waals surface area contributed by atoms with E-state index in [1.54, 1.807) is 0 Å². The highest BCUT2D eigenvalue weighted by atomic mass is 79.9. The van der Waals surface area contributed by atoms with Crippen LogP contribution in [-0.2, 0) is 4.79 Å². The average Bonchev–Trinajstić information content (AvgIpc) is 3.34. The molecule has 2 heterocycles. The van der Waals surface area contributed by atoms with Gasteiger partial charge in [0.1, 0.15) is 4.32 Å². The summed E-state index contributed by atoms with van der Waals surface area (Å²) in [6.07, 6.45) is 1.93. The van der Waals surface area contributed by atoms with Gasteiger partial charge >= 0.3 is 0 Å². The molecule has 6 heteroatoms. The van der Waals surface area contributed by atoms with Crippen LogP contribution in [0.2, 0.25) is 0 Å². The van der Waals surface area contributed by atoms with Crippen molar-refractivity contribution in [2.45, 2.75) is 0 Å². The van der Waals surface area contributed by atoms with Gasteiger partial charge in [-0.2, -0.15) is 0 Å². The predicted octanol–water partition coefficient (Wildman–Crippen LogP) is 7.06. The van der Waals surface area contributed by atoms with E-state index in [9.17, 15) is 4.79 Å². The molecule has 3 nitrogen and oxygen atoms in total. The second-order valence-electron chi connectivity index (χ2n) is 7.23. The SMILES string of the molecule is O=C1NC(=S)SC1=Cc1cc(-c2ccccc2)n(-c2ccc(Br)cc2)c1-c1ccccc1. The van der Waals surface area contributed by atoms with Crippen LogP contribution >= 0.6 is 39.9 Å². The number of nitrogens with zero attached hydrogens (tertiary/aromatic N) is 1. The second-order valence-corrected chi connectivity index (χ2v) is 9.86. The van der Waals surface area contributed by atoms with Gasteiger partial charge < -0.3 is 9.88 Å². The molecule has 0 radical (unpaired) electrons. The van der Waals surface area contributed by atoms with Crippen LogP contribution in [0.3, 0.4) is 0 Å². The van der Waals surface area contributed by atoms with Crippen molar-refractivity contribution in [2.75, 3.05) is 0 Å². The van der Waals surface area contributed by atoms with Gasteiger partial charge in [0.2, 0.25) is 0 Å². The summed E-state index contributed by atoms with van der Waals surface area (Å²) in [5.74, 6) is -0.156. The third kappa shape index (κ3) is 4.09. The van der Waals surface area contributed by atoms with Gasteiger partial charge in [-0.1, -0.05) is 101 Å². The first-order valence-electron chi connectivity index (χ1n) is 9.97. The van der Waals surface area contributed by atoms with Crippen molar-refractivity contribution in [3.63, 3.8) is 0 Å². The summed E-state index contributed by atoms with van der Waals surface area (Å²) in [5, 5.41) is 2.71. The maximum absolute atomic E-state index is 12.4. The minimum Gasteiger partial charge on any atom is -0.309 e. The third-order valence-corrected chi connectivity index (χ3v) is 6.85. The molecule has 0 spiro atoms. The molecule has 1 N–H and O–H groups in total. The molecular formula is C26H17BrN2OS2. The number of thiocarbonyl (C=S) groups is 1. The number of amides is 1. The van der Waals surface area contributed by atoms with E-state index in [2.05, 4.69) is 68.3 Å². The van der Waals surface area contributed by atoms with Crippen molar-refractivity contribution in [1.29, 1.82) is 0 Å². The average molecular weight is 517 g/mol. The molecule has 1 fully saturated rings. The summed E-state index contributed by atoms with van der Waals surface area (Å²) in [6, 6.07) is 30.9. The second kappa shape index (κ2) is 8.90. The molecule has 1 saturated heterocycles. The van der Waals surface area contributed by atoms with Crippen LogP contribution in [0, 0.1) is 0 Å². The van der Waals surface area contributed by atoms with Gasteiger partial charge in [0, 0.05) is 15.7 Å². The molecular weight excluding hydrogens is 500 g/mol.